The lowest BCUT2D eigenvalue weighted by Crippen LogP contribution is -2.33. The van der Waals surface area contributed by atoms with Crippen molar-refractivity contribution in [3.8, 4) is 17.2 Å². The van der Waals surface area contributed by atoms with Gasteiger partial charge in [-0.05, 0) is 48.7 Å². The molecule has 0 saturated carbocycles. The van der Waals surface area contributed by atoms with Gasteiger partial charge in [0.25, 0.3) is 5.56 Å². The molecule has 0 aliphatic carbocycles. The van der Waals surface area contributed by atoms with Gasteiger partial charge in [0.15, 0.2) is 0 Å². The van der Waals surface area contributed by atoms with Crippen LogP contribution >= 0.6 is 0 Å². The van der Waals surface area contributed by atoms with Crippen molar-refractivity contribution in [3.05, 3.63) is 87.3 Å². The van der Waals surface area contributed by atoms with Crippen LogP contribution in [-0.4, -0.2) is 20.7 Å². The lowest BCUT2D eigenvalue weighted by atomic mass is 9.87. The van der Waals surface area contributed by atoms with Crippen LogP contribution in [0.15, 0.2) is 59.4 Å². The molecule has 2 heterocycles. The van der Waals surface area contributed by atoms with Crippen LogP contribution in [0.3, 0.4) is 0 Å². The fraction of sp³-hybridized carbons (Fsp3) is 0.217. The van der Waals surface area contributed by atoms with Gasteiger partial charge in [-0.2, -0.15) is 0 Å². The molecule has 2 N–H and O–H groups in total. The van der Waals surface area contributed by atoms with Crippen molar-refractivity contribution in [1.82, 2.24) is 4.57 Å². The Morgan fingerprint density at radius 1 is 1.03 bits per heavy atom. The number of fused-ring (bicyclic) bond motifs is 1. The van der Waals surface area contributed by atoms with Gasteiger partial charge in [-0.1, -0.05) is 24.3 Å². The third kappa shape index (κ3) is 3.74. The summed E-state index contributed by atoms with van der Waals surface area (Å²) in [5, 5.41) is 19.3. The second kappa shape index (κ2) is 7.47. The van der Waals surface area contributed by atoms with E-state index in [4.69, 9.17) is 4.74 Å². The summed E-state index contributed by atoms with van der Waals surface area (Å²) >= 11 is 0. The molecule has 2 aromatic carbocycles. The molecule has 0 bridgehead atoms. The Balaban J connectivity index is 1.74. The van der Waals surface area contributed by atoms with Gasteiger partial charge in [0.2, 0.25) is 0 Å². The van der Waals surface area contributed by atoms with Crippen LogP contribution in [0, 0.1) is 6.92 Å². The van der Waals surface area contributed by atoms with E-state index in [0.29, 0.717) is 29.8 Å². The van der Waals surface area contributed by atoms with Crippen molar-refractivity contribution in [2.45, 2.75) is 32.2 Å². The predicted octanol–water partition coefficient (Wildman–Crippen LogP) is 3.25. The molecule has 0 spiro atoms. The first-order valence-corrected chi connectivity index (χ1v) is 9.44. The zero-order valence-electron chi connectivity index (χ0n) is 16.0. The number of hydrogen-bond acceptors (Lipinski definition) is 5. The lowest BCUT2D eigenvalue weighted by molar-refractivity contribution is -0.135. The van der Waals surface area contributed by atoms with E-state index < -0.39 is 11.9 Å². The van der Waals surface area contributed by atoms with E-state index in [2.05, 4.69) is 0 Å². The molecule has 3 aromatic rings. The molecule has 4 rings (SSSR count). The van der Waals surface area contributed by atoms with Crippen molar-refractivity contribution in [1.29, 1.82) is 0 Å². The fourth-order valence-corrected chi connectivity index (χ4v) is 3.80. The molecule has 0 radical (unpaired) electrons. The van der Waals surface area contributed by atoms with Crippen LogP contribution in [0.2, 0.25) is 0 Å². The number of aromatic nitrogens is 1. The van der Waals surface area contributed by atoms with Gasteiger partial charge >= 0.3 is 5.97 Å². The third-order valence-corrected chi connectivity index (χ3v) is 5.28. The number of phenols is 2. The van der Waals surface area contributed by atoms with Crippen molar-refractivity contribution in [2.24, 2.45) is 0 Å². The second-order valence-electron chi connectivity index (χ2n) is 7.26. The summed E-state index contributed by atoms with van der Waals surface area (Å²) in [4.78, 5) is 25.5. The summed E-state index contributed by atoms with van der Waals surface area (Å²) in [6, 6.07) is 15.2. The average molecular weight is 391 g/mol. The number of benzene rings is 2. The Bertz CT molecular complexity index is 1130. The number of ether oxygens (including phenoxy) is 1. The van der Waals surface area contributed by atoms with E-state index >= 15 is 0 Å². The molecule has 6 heteroatoms. The Morgan fingerprint density at radius 2 is 1.79 bits per heavy atom. The summed E-state index contributed by atoms with van der Waals surface area (Å²) < 4.78 is 7.05. The van der Waals surface area contributed by atoms with Crippen LogP contribution in [-0.2, 0) is 17.8 Å². The third-order valence-electron chi connectivity index (χ3n) is 5.28. The normalized spacial score (nSPS) is 15.6. The van der Waals surface area contributed by atoms with Crippen molar-refractivity contribution in [2.75, 3.05) is 0 Å². The highest BCUT2D eigenvalue weighted by Crippen LogP contribution is 2.37. The highest BCUT2D eigenvalue weighted by atomic mass is 16.5. The maximum absolute atomic E-state index is 13.4. The first-order chi connectivity index (χ1) is 13.9. The lowest BCUT2D eigenvalue weighted by Gasteiger charge is -2.26. The Kier molecular flexibility index (Phi) is 4.84. The van der Waals surface area contributed by atoms with Gasteiger partial charge in [-0.3, -0.25) is 9.59 Å². The van der Waals surface area contributed by atoms with Gasteiger partial charge in [-0.15, -0.1) is 0 Å². The van der Waals surface area contributed by atoms with Crippen LogP contribution in [0.5, 0.6) is 17.2 Å². The van der Waals surface area contributed by atoms with Crippen LogP contribution in [0.4, 0.5) is 0 Å². The predicted molar refractivity (Wildman–Crippen MR) is 107 cm³/mol. The van der Waals surface area contributed by atoms with Crippen molar-refractivity contribution >= 4 is 5.97 Å². The average Bonchev–Trinajstić information content (AvgIpc) is 2.68. The molecule has 0 saturated heterocycles. The molecule has 1 aliphatic heterocycles. The number of carbonyl (C=O) groups excluding carboxylic acids is 1. The van der Waals surface area contributed by atoms with Gasteiger partial charge in [0.05, 0.1) is 12.0 Å². The van der Waals surface area contributed by atoms with Crippen LogP contribution in [0.25, 0.3) is 0 Å². The molecule has 1 aromatic heterocycles. The zero-order valence-corrected chi connectivity index (χ0v) is 16.0. The molecule has 6 nitrogen and oxygen atoms in total. The van der Waals surface area contributed by atoms with Gasteiger partial charge in [0, 0.05) is 24.2 Å². The van der Waals surface area contributed by atoms with Gasteiger partial charge in [-0.25, -0.2) is 0 Å². The highest BCUT2D eigenvalue weighted by molar-refractivity contribution is 5.77. The maximum Gasteiger partial charge on any atom is 0.312 e. The largest absolute Gasteiger partial charge is 0.508 e. The Hall–Kier alpha value is -3.54. The number of hydrogen-bond donors (Lipinski definition) is 2. The number of nitrogens with zero attached hydrogens (tertiary/aromatic N) is 1. The number of pyridine rings is 1. The van der Waals surface area contributed by atoms with Crippen molar-refractivity contribution < 1.29 is 19.7 Å². The minimum atomic E-state index is -0.466. The molecular weight excluding hydrogens is 370 g/mol. The summed E-state index contributed by atoms with van der Waals surface area (Å²) in [6.45, 7) is 2.27. The van der Waals surface area contributed by atoms with Crippen LogP contribution < -0.4 is 10.3 Å². The molecule has 1 atom stereocenters. The molecule has 29 heavy (non-hydrogen) atoms. The summed E-state index contributed by atoms with van der Waals surface area (Å²) in [7, 11) is 0. The number of esters is 1. The maximum atomic E-state index is 13.4. The first-order valence-electron chi connectivity index (χ1n) is 9.44. The molecule has 1 aliphatic rings. The summed E-state index contributed by atoms with van der Waals surface area (Å²) in [6.07, 6.45) is 0.670. The molecule has 0 unspecified atom stereocenters. The summed E-state index contributed by atoms with van der Waals surface area (Å²) in [5.41, 5.74) is 2.65. The van der Waals surface area contributed by atoms with Crippen molar-refractivity contribution in [3.63, 3.8) is 0 Å². The topological polar surface area (TPSA) is 88.8 Å². The SMILES string of the molecule is Cc1cc2c(c(=O)n1CCc1ccc(O)cc1)[C@@H](c1cccc(O)c1)CC(=O)O2. The first kappa shape index (κ1) is 18.8. The summed E-state index contributed by atoms with van der Waals surface area (Å²) in [5.74, 6) is -0.287. The van der Waals surface area contributed by atoms with E-state index in [-0.39, 0.29) is 29.2 Å². The number of aromatic hydroxyl groups is 2. The minimum Gasteiger partial charge on any atom is -0.508 e. The van der Waals surface area contributed by atoms with E-state index in [0.717, 1.165) is 5.56 Å². The van der Waals surface area contributed by atoms with E-state index in [9.17, 15) is 19.8 Å². The second-order valence-corrected chi connectivity index (χ2v) is 7.26. The number of carbonyl (C=O) groups is 1. The Labute approximate surface area is 167 Å². The van der Waals surface area contributed by atoms with E-state index in [1.807, 2.05) is 19.1 Å². The molecule has 0 amide bonds. The fourth-order valence-electron chi connectivity index (χ4n) is 3.80. The number of phenolic OH excluding ortho intramolecular Hbond substituents is 2. The van der Waals surface area contributed by atoms with E-state index in [1.54, 1.807) is 47.0 Å². The Morgan fingerprint density at radius 3 is 2.52 bits per heavy atom. The monoisotopic (exact) mass is 391 g/mol. The van der Waals surface area contributed by atoms with E-state index in [1.165, 1.54) is 0 Å². The zero-order chi connectivity index (χ0) is 20.5. The molecule has 148 valence electrons. The standard InChI is InChI=1S/C23H21NO5/c1-14-11-20-22(19(13-21(27)29-20)16-3-2-4-18(26)12-16)23(28)24(14)10-9-15-5-7-17(25)8-6-15/h2-8,11-12,19,25-26H,9-10,13H2,1H3/t19-/m1/s1. The molecular formula is C23H21NO5. The van der Waals surface area contributed by atoms with Gasteiger partial charge in [0.1, 0.15) is 17.2 Å². The van der Waals surface area contributed by atoms with Gasteiger partial charge < -0.3 is 19.5 Å². The van der Waals surface area contributed by atoms with Crippen LogP contribution in [0.1, 0.15) is 34.7 Å². The minimum absolute atomic E-state index is 0.0483. The highest BCUT2D eigenvalue weighted by Gasteiger charge is 2.32. The molecule has 0 fully saturated rings. The number of rotatable bonds is 4. The quantitative estimate of drug-likeness (QED) is 0.667. The smallest absolute Gasteiger partial charge is 0.312 e. The number of aryl methyl sites for hydroxylation is 2.